The van der Waals surface area contributed by atoms with Gasteiger partial charge in [0.2, 0.25) is 5.91 Å². The first-order valence-corrected chi connectivity index (χ1v) is 9.02. The Hall–Kier alpha value is -2.82. The van der Waals surface area contributed by atoms with Crippen LogP contribution in [-0.2, 0) is 17.9 Å². The van der Waals surface area contributed by atoms with Crippen molar-refractivity contribution in [2.24, 2.45) is 5.41 Å². The lowest BCUT2D eigenvalue weighted by Gasteiger charge is -2.30. The number of aromatic nitrogens is 2. The molecule has 0 aliphatic carbocycles. The second kappa shape index (κ2) is 6.16. The normalized spacial score (nSPS) is 14.3. The zero-order chi connectivity index (χ0) is 18.3. The highest BCUT2D eigenvalue weighted by Gasteiger charge is 2.23. The number of fused-ring (bicyclic) bond motifs is 3. The molecule has 0 radical (unpaired) electrons. The Kier molecular flexibility index (Phi) is 3.94. The molecule has 1 amide bonds. The second-order valence-corrected chi connectivity index (χ2v) is 7.84. The average molecular weight is 348 g/mol. The average Bonchev–Trinajstić information content (AvgIpc) is 2.99. The van der Waals surface area contributed by atoms with E-state index in [2.05, 4.69) is 39.0 Å². The van der Waals surface area contributed by atoms with E-state index >= 15 is 0 Å². The SMILES string of the molecule is CC(C)(C)C(=O)Nc1cccc(N2CCn3c(nc4ccccc43)C2)c1. The quantitative estimate of drug-likeness (QED) is 0.760. The van der Waals surface area contributed by atoms with E-state index in [4.69, 9.17) is 4.98 Å². The first-order valence-electron chi connectivity index (χ1n) is 9.02. The molecular formula is C21H24N4O. The van der Waals surface area contributed by atoms with E-state index in [1.807, 2.05) is 45.0 Å². The lowest BCUT2D eigenvalue weighted by Crippen LogP contribution is -2.33. The van der Waals surface area contributed by atoms with Crippen molar-refractivity contribution >= 4 is 28.3 Å². The summed E-state index contributed by atoms with van der Waals surface area (Å²) in [5.41, 5.74) is 3.78. The topological polar surface area (TPSA) is 50.2 Å². The van der Waals surface area contributed by atoms with E-state index in [0.717, 1.165) is 42.4 Å². The van der Waals surface area contributed by atoms with Crippen molar-refractivity contribution in [1.82, 2.24) is 9.55 Å². The third kappa shape index (κ3) is 3.05. The molecule has 2 aromatic carbocycles. The fourth-order valence-electron chi connectivity index (χ4n) is 3.29. The maximum absolute atomic E-state index is 12.2. The van der Waals surface area contributed by atoms with E-state index in [9.17, 15) is 4.79 Å². The van der Waals surface area contributed by atoms with Crippen molar-refractivity contribution in [3.63, 3.8) is 0 Å². The molecule has 2 heterocycles. The lowest BCUT2D eigenvalue weighted by atomic mass is 9.95. The maximum Gasteiger partial charge on any atom is 0.229 e. The van der Waals surface area contributed by atoms with E-state index in [1.54, 1.807) is 0 Å². The first kappa shape index (κ1) is 16.6. The number of imidazole rings is 1. The molecule has 0 saturated heterocycles. The molecule has 0 saturated carbocycles. The van der Waals surface area contributed by atoms with Gasteiger partial charge in [-0.3, -0.25) is 4.79 Å². The smallest absolute Gasteiger partial charge is 0.229 e. The number of hydrogen-bond acceptors (Lipinski definition) is 3. The van der Waals surface area contributed by atoms with Gasteiger partial charge in [0.25, 0.3) is 0 Å². The van der Waals surface area contributed by atoms with Crippen LogP contribution in [0, 0.1) is 5.41 Å². The molecule has 0 unspecified atom stereocenters. The molecule has 1 N–H and O–H groups in total. The predicted molar refractivity (Wildman–Crippen MR) is 105 cm³/mol. The fraction of sp³-hybridized carbons (Fsp3) is 0.333. The van der Waals surface area contributed by atoms with Crippen molar-refractivity contribution < 1.29 is 4.79 Å². The van der Waals surface area contributed by atoms with Crippen LogP contribution in [0.15, 0.2) is 48.5 Å². The van der Waals surface area contributed by atoms with E-state index in [-0.39, 0.29) is 5.91 Å². The number of para-hydroxylation sites is 2. The standard InChI is InChI=1S/C21H24N4O/c1-21(2,3)20(26)22-15-7-6-8-16(13-15)24-11-12-25-18-10-5-4-9-17(18)23-19(25)14-24/h4-10,13H,11-12,14H2,1-3H3,(H,22,26). The van der Waals surface area contributed by atoms with Crippen LogP contribution in [0.1, 0.15) is 26.6 Å². The van der Waals surface area contributed by atoms with Crippen LogP contribution < -0.4 is 10.2 Å². The minimum Gasteiger partial charge on any atom is -0.362 e. The Morgan fingerprint density at radius 3 is 2.69 bits per heavy atom. The van der Waals surface area contributed by atoms with E-state index in [1.165, 1.54) is 5.52 Å². The lowest BCUT2D eigenvalue weighted by molar-refractivity contribution is -0.123. The third-order valence-electron chi connectivity index (χ3n) is 4.81. The highest BCUT2D eigenvalue weighted by Crippen LogP contribution is 2.27. The van der Waals surface area contributed by atoms with Crippen LogP contribution in [0.2, 0.25) is 0 Å². The van der Waals surface area contributed by atoms with Gasteiger partial charge in [0.05, 0.1) is 17.6 Å². The number of nitrogens with zero attached hydrogens (tertiary/aromatic N) is 3. The van der Waals surface area contributed by atoms with Gasteiger partial charge in [-0.05, 0) is 30.3 Å². The molecule has 26 heavy (non-hydrogen) atoms. The highest BCUT2D eigenvalue weighted by molar-refractivity contribution is 5.94. The van der Waals surface area contributed by atoms with Crippen LogP contribution >= 0.6 is 0 Å². The Morgan fingerprint density at radius 1 is 1.08 bits per heavy atom. The molecule has 0 fully saturated rings. The third-order valence-corrected chi connectivity index (χ3v) is 4.81. The zero-order valence-corrected chi connectivity index (χ0v) is 15.5. The van der Waals surface area contributed by atoms with Crippen LogP contribution in [0.4, 0.5) is 11.4 Å². The molecule has 1 aromatic heterocycles. The molecule has 0 bridgehead atoms. The van der Waals surface area contributed by atoms with Gasteiger partial charge in [0.15, 0.2) is 0 Å². The molecule has 1 aliphatic heterocycles. The number of amides is 1. The van der Waals surface area contributed by atoms with Gasteiger partial charge in [-0.2, -0.15) is 0 Å². The van der Waals surface area contributed by atoms with Crippen LogP contribution in [0.3, 0.4) is 0 Å². The number of hydrogen-bond donors (Lipinski definition) is 1. The Labute approximate surface area is 153 Å². The van der Waals surface area contributed by atoms with Gasteiger partial charge < -0.3 is 14.8 Å². The van der Waals surface area contributed by atoms with Crippen molar-refractivity contribution in [2.75, 3.05) is 16.8 Å². The van der Waals surface area contributed by atoms with Crippen LogP contribution in [0.5, 0.6) is 0 Å². The summed E-state index contributed by atoms with van der Waals surface area (Å²) in [6.07, 6.45) is 0. The fourth-order valence-corrected chi connectivity index (χ4v) is 3.29. The number of carbonyl (C=O) groups is 1. The maximum atomic E-state index is 12.2. The summed E-state index contributed by atoms with van der Waals surface area (Å²) in [6.45, 7) is 8.35. The van der Waals surface area contributed by atoms with Gasteiger partial charge in [0.1, 0.15) is 5.82 Å². The monoisotopic (exact) mass is 348 g/mol. The number of carbonyl (C=O) groups excluding carboxylic acids is 1. The summed E-state index contributed by atoms with van der Waals surface area (Å²) in [7, 11) is 0. The number of benzene rings is 2. The van der Waals surface area contributed by atoms with Crippen molar-refractivity contribution in [1.29, 1.82) is 0 Å². The summed E-state index contributed by atoms with van der Waals surface area (Å²) in [5, 5.41) is 3.02. The van der Waals surface area contributed by atoms with Gasteiger partial charge in [-0.15, -0.1) is 0 Å². The first-order chi connectivity index (χ1) is 12.4. The van der Waals surface area contributed by atoms with Crippen molar-refractivity contribution in [2.45, 2.75) is 33.9 Å². The minimum absolute atomic E-state index is 0.0232. The molecule has 5 heteroatoms. The summed E-state index contributed by atoms with van der Waals surface area (Å²) in [4.78, 5) is 19.3. The van der Waals surface area contributed by atoms with Gasteiger partial charge >= 0.3 is 0 Å². The van der Waals surface area contributed by atoms with Crippen molar-refractivity contribution in [3.05, 3.63) is 54.4 Å². The highest BCUT2D eigenvalue weighted by atomic mass is 16.2. The summed E-state index contributed by atoms with van der Waals surface area (Å²) >= 11 is 0. The van der Waals surface area contributed by atoms with Crippen molar-refractivity contribution in [3.8, 4) is 0 Å². The van der Waals surface area contributed by atoms with Crippen LogP contribution in [0.25, 0.3) is 11.0 Å². The Balaban J connectivity index is 1.57. The van der Waals surface area contributed by atoms with E-state index < -0.39 is 5.41 Å². The number of rotatable bonds is 2. The van der Waals surface area contributed by atoms with Crippen LogP contribution in [-0.4, -0.2) is 22.0 Å². The zero-order valence-electron chi connectivity index (χ0n) is 15.5. The molecular weight excluding hydrogens is 324 g/mol. The summed E-state index contributed by atoms with van der Waals surface area (Å²) in [6, 6.07) is 16.3. The minimum atomic E-state index is -0.411. The Morgan fingerprint density at radius 2 is 1.88 bits per heavy atom. The van der Waals surface area contributed by atoms with Gasteiger partial charge in [-0.1, -0.05) is 39.0 Å². The van der Waals surface area contributed by atoms with Gasteiger partial charge in [0, 0.05) is 29.9 Å². The van der Waals surface area contributed by atoms with E-state index in [0.29, 0.717) is 0 Å². The molecule has 0 atom stereocenters. The molecule has 4 rings (SSSR count). The number of anilines is 2. The molecule has 3 aromatic rings. The second-order valence-electron chi connectivity index (χ2n) is 7.84. The predicted octanol–water partition coefficient (Wildman–Crippen LogP) is 4.04. The molecule has 5 nitrogen and oxygen atoms in total. The molecule has 1 aliphatic rings. The molecule has 134 valence electrons. The Bertz CT molecular complexity index is 968. The summed E-state index contributed by atoms with van der Waals surface area (Å²) in [5.74, 6) is 1.11. The summed E-state index contributed by atoms with van der Waals surface area (Å²) < 4.78 is 2.30. The van der Waals surface area contributed by atoms with Gasteiger partial charge in [-0.25, -0.2) is 4.98 Å². The largest absolute Gasteiger partial charge is 0.362 e. The number of nitrogens with one attached hydrogen (secondary N) is 1. The molecule has 0 spiro atoms.